The molecule has 0 aliphatic carbocycles. The first-order valence-electron chi connectivity index (χ1n) is 6.39. The lowest BCUT2D eigenvalue weighted by molar-refractivity contribution is 0.0938. The number of nitrogens with one attached hydrogen (secondary N) is 1. The normalized spacial score (nSPS) is 13.0. The second-order valence-electron chi connectivity index (χ2n) is 4.71. The van der Waals surface area contributed by atoms with Crippen molar-refractivity contribution in [2.75, 3.05) is 0 Å². The number of nitrogens with two attached hydrogens (primary N) is 1. The molecule has 20 heavy (non-hydrogen) atoms. The Hall–Kier alpha value is -1.11. The van der Waals surface area contributed by atoms with Gasteiger partial charge in [0.2, 0.25) is 10.0 Å². The van der Waals surface area contributed by atoms with E-state index in [0.717, 1.165) is 19.3 Å². The van der Waals surface area contributed by atoms with Crippen LogP contribution in [-0.2, 0) is 10.0 Å². The maximum atomic E-state index is 12.0. The lowest BCUT2D eigenvalue weighted by Crippen LogP contribution is -2.32. The van der Waals surface area contributed by atoms with Crippen LogP contribution >= 0.6 is 11.6 Å². The topological polar surface area (TPSA) is 89.3 Å². The summed E-state index contributed by atoms with van der Waals surface area (Å²) < 4.78 is 22.7. The molecule has 1 aromatic rings. The van der Waals surface area contributed by atoms with Gasteiger partial charge in [0, 0.05) is 11.6 Å². The molecule has 0 fully saturated rings. The zero-order valence-electron chi connectivity index (χ0n) is 11.5. The number of carbonyl (C=O) groups is 1. The second kappa shape index (κ2) is 7.06. The standard InChI is InChI=1S/C13H19ClN2O3S/c1-3-4-5-9(2)16-13(17)10-6-7-11(14)12(8-10)20(15,18)19/h6-9H,3-5H2,1-2H3,(H,16,17)(H2,15,18,19). The molecular formula is C13H19ClN2O3S. The minimum absolute atomic E-state index is 0.00285. The van der Waals surface area contributed by atoms with Gasteiger partial charge in [0.15, 0.2) is 0 Å². The largest absolute Gasteiger partial charge is 0.350 e. The van der Waals surface area contributed by atoms with Crippen LogP contribution in [0.15, 0.2) is 23.1 Å². The van der Waals surface area contributed by atoms with Crippen molar-refractivity contribution in [3.05, 3.63) is 28.8 Å². The van der Waals surface area contributed by atoms with Crippen molar-refractivity contribution in [2.45, 2.75) is 44.0 Å². The highest BCUT2D eigenvalue weighted by molar-refractivity contribution is 7.89. The molecular weight excluding hydrogens is 300 g/mol. The first-order valence-corrected chi connectivity index (χ1v) is 8.31. The van der Waals surface area contributed by atoms with Crippen LogP contribution in [0, 0.1) is 0 Å². The molecule has 112 valence electrons. The fourth-order valence-electron chi connectivity index (χ4n) is 1.75. The Labute approximate surface area is 124 Å². The lowest BCUT2D eigenvalue weighted by atomic mass is 10.1. The Morgan fingerprint density at radius 3 is 2.65 bits per heavy atom. The van der Waals surface area contributed by atoms with Crippen molar-refractivity contribution in [1.82, 2.24) is 5.32 Å². The molecule has 0 saturated heterocycles. The third kappa shape index (κ3) is 4.77. The number of sulfonamides is 1. The van der Waals surface area contributed by atoms with Gasteiger partial charge in [-0.05, 0) is 31.5 Å². The number of benzene rings is 1. The van der Waals surface area contributed by atoms with E-state index < -0.39 is 10.0 Å². The van der Waals surface area contributed by atoms with Gasteiger partial charge in [0.25, 0.3) is 5.91 Å². The highest BCUT2D eigenvalue weighted by atomic mass is 35.5. The van der Waals surface area contributed by atoms with Gasteiger partial charge in [0.05, 0.1) is 5.02 Å². The highest BCUT2D eigenvalue weighted by Gasteiger charge is 2.17. The molecule has 5 nitrogen and oxygen atoms in total. The fourth-order valence-corrected chi connectivity index (χ4v) is 2.82. The molecule has 0 aliphatic rings. The van der Waals surface area contributed by atoms with Crippen molar-refractivity contribution in [3.63, 3.8) is 0 Å². The molecule has 1 rings (SSSR count). The van der Waals surface area contributed by atoms with Gasteiger partial charge in [-0.15, -0.1) is 0 Å². The Morgan fingerprint density at radius 1 is 1.45 bits per heavy atom. The number of hydrogen-bond acceptors (Lipinski definition) is 3. The van der Waals surface area contributed by atoms with Crippen LogP contribution in [0.1, 0.15) is 43.5 Å². The number of hydrogen-bond donors (Lipinski definition) is 2. The zero-order chi connectivity index (χ0) is 15.3. The summed E-state index contributed by atoms with van der Waals surface area (Å²) in [4.78, 5) is 11.8. The Balaban J connectivity index is 2.90. The molecule has 0 heterocycles. The third-order valence-corrected chi connectivity index (χ3v) is 4.26. The molecule has 7 heteroatoms. The second-order valence-corrected chi connectivity index (χ2v) is 6.64. The van der Waals surface area contributed by atoms with E-state index in [1.54, 1.807) is 0 Å². The summed E-state index contributed by atoms with van der Waals surface area (Å²) in [5, 5.41) is 7.86. The van der Waals surface area contributed by atoms with Crippen molar-refractivity contribution in [1.29, 1.82) is 0 Å². The van der Waals surface area contributed by atoms with Crippen LogP contribution in [0.5, 0.6) is 0 Å². The summed E-state index contributed by atoms with van der Waals surface area (Å²) in [6, 6.07) is 4.04. The van der Waals surface area contributed by atoms with E-state index in [0.29, 0.717) is 0 Å². The summed E-state index contributed by atoms with van der Waals surface area (Å²) in [7, 11) is -3.94. The van der Waals surface area contributed by atoms with Gasteiger partial charge < -0.3 is 5.32 Å². The summed E-state index contributed by atoms with van der Waals surface area (Å²) in [6.07, 6.45) is 2.94. The third-order valence-electron chi connectivity index (χ3n) is 2.87. The summed E-state index contributed by atoms with van der Waals surface area (Å²) in [5.74, 6) is -0.338. The van der Waals surface area contributed by atoms with Gasteiger partial charge >= 0.3 is 0 Å². The van der Waals surface area contributed by atoms with Crippen LogP contribution in [0.4, 0.5) is 0 Å². The molecule has 0 aliphatic heterocycles. The van der Waals surface area contributed by atoms with Crippen LogP contribution in [-0.4, -0.2) is 20.4 Å². The van der Waals surface area contributed by atoms with E-state index in [1.807, 2.05) is 6.92 Å². The summed E-state index contributed by atoms with van der Waals surface area (Å²) in [5.41, 5.74) is 0.224. The summed E-state index contributed by atoms with van der Waals surface area (Å²) in [6.45, 7) is 3.98. The number of carbonyl (C=O) groups excluding carboxylic acids is 1. The Morgan fingerprint density at radius 2 is 2.10 bits per heavy atom. The number of unbranched alkanes of at least 4 members (excludes halogenated alkanes) is 1. The van der Waals surface area contributed by atoms with Crippen LogP contribution in [0.3, 0.4) is 0 Å². The van der Waals surface area contributed by atoms with E-state index in [4.69, 9.17) is 16.7 Å². The van der Waals surface area contributed by atoms with E-state index in [1.165, 1.54) is 18.2 Å². The predicted molar refractivity (Wildman–Crippen MR) is 79.3 cm³/mol. The number of amides is 1. The van der Waals surface area contributed by atoms with Crippen molar-refractivity contribution >= 4 is 27.5 Å². The Bertz CT molecular complexity index is 587. The zero-order valence-corrected chi connectivity index (χ0v) is 13.1. The van der Waals surface area contributed by atoms with Crippen molar-refractivity contribution < 1.29 is 13.2 Å². The Kier molecular flexibility index (Phi) is 5.98. The molecule has 1 amide bonds. The van der Waals surface area contributed by atoms with Crippen LogP contribution in [0.25, 0.3) is 0 Å². The first-order chi connectivity index (χ1) is 9.25. The van der Waals surface area contributed by atoms with Gasteiger partial charge in [-0.2, -0.15) is 0 Å². The summed E-state index contributed by atoms with van der Waals surface area (Å²) >= 11 is 5.77. The molecule has 0 radical (unpaired) electrons. The van der Waals surface area contributed by atoms with Crippen molar-refractivity contribution in [2.24, 2.45) is 5.14 Å². The number of primary sulfonamides is 1. The van der Waals surface area contributed by atoms with Gasteiger partial charge in [-0.3, -0.25) is 4.79 Å². The number of halogens is 1. The average Bonchev–Trinajstić information content (AvgIpc) is 2.35. The fraction of sp³-hybridized carbons (Fsp3) is 0.462. The molecule has 0 spiro atoms. The predicted octanol–water partition coefficient (Wildman–Crippen LogP) is 2.30. The SMILES string of the molecule is CCCCC(C)NC(=O)c1ccc(Cl)c(S(N)(=O)=O)c1. The quantitative estimate of drug-likeness (QED) is 0.843. The minimum Gasteiger partial charge on any atom is -0.350 e. The van der Waals surface area contributed by atoms with Gasteiger partial charge in [-0.1, -0.05) is 31.4 Å². The highest BCUT2D eigenvalue weighted by Crippen LogP contribution is 2.21. The number of rotatable bonds is 6. The van der Waals surface area contributed by atoms with E-state index in [9.17, 15) is 13.2 Å². The first kappa shape index (κ1) is 16.9. The van der Waals surface area contributed by atoms with Gasteiger partial charge in [0.1, 0.15) is 4.90 Å². The van der Waals surface area contributed by atoms with E-state index in [2.05, 4.69) is 12.2 Å². The van der Waals surface area contributed by atoms with Crippen LogP contribution < -0.4 is 10.5 Å². The molecule has 1 unspecified atom stereocenters. The van der Waals surface area contributed by atoms with E-state index in [-0.39, 0.29) is 27.4 Å². The molecule has 0 bridgehead atoms. The maximum absolute atomic E-state index is 12.0. The maximum Gasteiger partial charge on any atom is 0.251 e. The van der Waals surface area contributed by atoms with Gasteiger partial charge in [-0.25, -0.2) is 13.6 Å². The molecule has 1 aromatic carbocycles. The monoisotopic (exact) mass is 318 g/mol. The lowest BCUT2D eigenvalue weighted by Gasteiger charge is -2.14. The minimum atomic E-state index is -3.94. The molecule has 0 saturated carbocycles. The smallest absolute Gasteiger partial charge is 0.251 e. The van der Waals surface area contributed by atoms with Crippen LogP contribution in [0.2, 0.25) is 5.02 Å². The average molecular weight is 319 g/mol. The van der Waals surface area contributed by atoms with Crippen molar-refractivity contribution in [3.8, 4) is 0 Å². The van der Waals surface area contributed by atoms with E-state index >= 15 is 0 Å². The molecule has 3 N–H and O–H groups in total. The molecule has 1 atom stereocenters. The molecule has 0 aromatic heterocycles.